The van der Waals surface area contributed by atoms with Crippen molar-refractivity contribution in [3.05, 3.63) is 54.5 Å². The zero-order valence-electron chi connectivity index (χ0n) is 19.4. The van der Waals surface area contributed by atoms with Crippen molar-refractivity contribution in [2.45, 2.75) is 52.2 Å². The summed E-state index contributed by atoms with van der Waals surface area (Å²) >= 11 is 0. The Balaban J connectivity index is 1.63. The van der Waals surface area contributed by atoms with Crippen LogP contribution in [0.5, 0.6) is 0 Å². The zero-order valence-corrected chi connectivity index (χ0v) is 19.4. The molecule has 0 amide bonds. The molecule has 4 aromatic rings. The summed E-state index contributed by atoms with van der Waals surface area (Å²) in [6.07, 6.45) is 8.35. The van der Waals surface area contributed by atoms with E-state index in [-0.39, 0.29) is 5.92 Å². The number of nitrogens with two attached hydrogens (primary N) is 1. The first-order valence-electron chi connectivity index (χ1n) is 10.7. The molecular weight excluding hydrogens is 420 g/mol. The Kier molecular flexibility index (Phi) is 5.71. The van der Waals surface area contributed by atoms with Crippen LogP contribution in [0.15, 0.2) is 47.6 Å². The zero-order chi connectivity index (χ0) is 23.8. The lowest BCUT2D eigenvalue weighted by atomic mass is 9.73. The van der Waals surface area contributed by atoms with E-state index in [0.717, 1.165) is 5.56 Å². The van der Waals surface area contributed by atoms with Gasteiger partial charge in [-0.2, -0.15) is 10.1 Å². The molecule has 0 unspecified atom stereocenters. The number of nitrogen functional groups attached to an aromatic ring is 1. The molecule has 0 fully saturated rings. The van der Waals surface area contributed by atoms with E-state index in [4.69, 9.17) is 15.2 Å². The minimum absolute atomic E-state index is 0.157. The van der Waals surface area contributed by atoms with Crippen molar-refractivity contribution in [1.29, 1.82) is 0 Å². The van der Waals surface area contributed by atoms with Gasteiger partial charge in [-0.05, 0) is 38.3 Å². The highest BCUT2D eigenvalue weighted by Gasteiger charge is 2.38. The Labute approximate surface area is 191 Å². The number of rotatable bonds is 7. The van der Waals surface area contributed by atoms with Gasteiger partial charge < -0.3 is 15.4 Å². The molecule has 1 atom stereocenters. The molecule has 0 aliphatic heterocycles. The van der Waals surface area contributed by atoms with Crippen LogP contribution in [0, 0.1) is 5.92 Å². The summed E-state index contributed by atoms with van der Waals surface area (Å²) in [5.74, 6) is 1.45. The second kappa shape index (κ2) is 8.36. The molecular formula is C23H28N8O2. The van der Waals surface area contributed by atoms with Crippen molar-refractivity contribution >= 4 is 5.82 Å². The molecule has 172 valence electrons. The van der Waals surface area contributed by atoms with Gasteiger partial charge in [0.1, 0.15) is 11.5 Å². The minimum Gasteiger partial charge on any atom is -0.389 e. The molecule has 10 nitrogen and oxygen atoms in total. The monoisotopic (exact) mass is 448 g/mol. The Hall–Kier alpha value is -3.66. The standard InChI is InChI=1S/C23H28N8O2/c1-14(2)23(5,16-6-7-17(25-9-16)18-10-27-19(24)11-26-18)21-29-20(33-30-21)15-8-28-31(12-15)13-22(3,4)32/h6-12,14,32H,13H2,1-5H3,(H2,24,27)/t23-/m1/s1. The first-order valence-corrected chi connectivity index (χ1v) is 10.7. The van der Waals surface area contributed by atoms with Crippen LogP contribution in [-0.4, -0.2) is 45.6 Å². The summed E-state index contributed by atoms with van der Waals surface area (Å²) < 4.78 is 7.25. The molecule has 0 aromatic carbocycles. The first kappa shape index (κ1) is 22.5. The number of nitrogens with zero attached hydrogens (tertiary/aromatic N) is 7. The van der Waals surface area contributed by atoms with Crippen molar-refractivity contribution in [3.8, 4) is 22.8 Å². The normalized spacial score (nSPS) is 13.9. The minimum atomic E-state index is -0.878. The van der Waals surface area contributed by atoms with E-state index in [2.05, 4.69) is 46.0 Å². The number of aromatic nitrogens is 7. The average Bonchev–Trinajstić information content (AvgIpc) is 3.42. The van der Waals surface area contributed by atoms with E-state index in [9.17, 15) is 5.11 Å². The topological polar surface area (TPSA) is 142 Å². The van der Waals surface area contributed by atoms with E-state index in [0.29, 0.717) is 41.0 Å². The molecule has 33 heavy (non-hydrogen) atoms. The van der Waals surface area contributed by atoms with Crippen molar-refractivity contribution in [1.82, 2.24) is 34.9 Å². The fourth-order valence-electron chi connectivity index (χ4n) is 3.55. The molecule has 4 aromatic heterocycles. The summed E-state index contributed by atoms with van der Waals surface area (Å²) in [6.45, 7) is 10.1. The lowest BCUT2D eigenvalue weighted by molar-refractivity contribution is 0.0577. The van der Waals surface area contributed by atoms with E-state index >= 15 is 0 Å². The van der Waals surface area contributed by atoms with Crippen molar-refractivity contribution in [2.24, 2.45) is 5.92 Å². The quantitative estimate of drug-likeness (QED) is 0.436. The van der Waals surface area contributed by atoms with E-state index in [1.807, 2.05) is 18.3 Å². The van der Waals surface area contributed by atoms with Crippen LogP contribution in [-0.2, 0) is 12.0 Å². The fourth-order valence-corrected chi connectivity index (χ4v) is 3.55. The van der Waals surface area contributed by atoms with Gasteiger partial charge in [0.15, 0.2) is 5.82 Å². The third-order valence-electron chi connectivity index (χ3n) is 5.77. The second-order valence-corrected chi connectivity index (χ2v) is 9.28. The Morgan fingerprint density at radius 2 is 1.79 bits per heavy atom. The maximum absolute atomic E-state index is 10.0. The van der Waals surface area contributed by atoms with Crippen molar-refractivity contribution in [3.63, 3.8) is 0 Å². The summed E-state index contributed by atoms with van der Waals surface area (Å²) in [6, 6.07) is 3.90. The molecule has 10 heteroatoms. The lowest BCUT2D eigenvalue weighted by Crippen LogP contribution is -2.31. The van der Waals surface area contributed by atoms with Crippen LogP contribution in [0.25, 0.3) is 22.8 Å². The van der Waals surface area contributed by atoms with Gasteiger partial charge in [-0.15, -0.1) is 0 Å². The van der Waals surface area contributed by atoms with Crippen LogP contribution in [0.3, 0.4) is 0 Å². The summed E-state index contributed by atoms with van der Waals surface area (Å²) in [5.41, 5.74) is 7.20. The maximum Gasteiger partial charge on any atom is 0.261 e. The number of pyridine rings is 1. The van der Waals surface area contributed by atoms with Crippen LogP contribution in [0.4, 0.5) is 5.82 Å². The van der Waals surface area contributed by atoms with E-state index < -0.39 is 11.0 Å². The summed E-state index contributed by atoms with van der Waals surface area (Å²) in [7, 11) is 0. The lowest BCUT2D eigenvalue weighted by Gasteiger charge is -2.30. The van der Waals surface area contributed by atoms with Crippen LogP contribution < -0.4 is 5.73 Å². The van der Waals surface area contributed by atoms with E-state index in [1.54, 1.807) is 37.1 Å². The summed E-state index contributed by atoms with van der Waals surface area (Å²) in [4.78, 5) is 17.6. The largest absolute Gasteiger partial charge is 0.389 e. The molecule has 4 heterocycles. The Morgan fingerprint density at radius 1 is 1.03 bits per heavy atom. The SMILES string of the molecule is CC(C)[C@](C)(c1ccc(-c2cnc(N)cn2)nc1)c1noc(-c2cnn(CC(C)(C)O)c2)n1. The van der Waals surface area contributed by atoms with Gasteiger partial charge >= 0.3 is 0 Å². The molecule has 3 N–H and O–H groups in total. The third kappa shape index (κ3) is 4.61. The van der Waals surface area contributed by atoms with Crippen LogP contribution in [0.1, 0.15) is 46.0 Å². The van der Waals surface area contributed by atoms with Gasteiger partial charge in [-0.3, -0.25) is 9.67 Å². The maximum atomic E-state index is 10.0. The Morgan fingerprint density at radius 3 is 2.39 bits per heavy atom. The first-order chi connectivity index (χ1) is 15.6. The van der Waals surface area contributed by atoms with Gasteiger partial charge in [-0.25, -0.2) is 9.97 Å². The molecule has 0 radical (unpaired) electrons. The molecule has 0 bridgehead atoms. The Bertz CT molecular complexity index is 1220. The number of hydrogen-bond donors (Lipinski definition) is 2. The molecule has 4 rings (SSSR count). The van der Waals surface area contributed by atoms with E-state index in [1.165, 1.54) is 6.20 Å². The van der Waals surface area contributed by atoms with Crippen molar-refractivity contribution in [2.75, 3.05) is 5.73 Å². The predicted molar refractivity (Wildman–Crippen MR) is 123 cm³/mol. The smallest absolute Gasteiger partial charge is 0.261 e. The molecule has 0 aliphatic rings. The van der Waals surface area contributed by atoms with Gasteiger partial charge in [0, 0.05) is 12.4 Å². The molecule has 0 saturated heterocycles. The second-order valence-electron chi connectivity index (χ2n) is 9.28. The third-order valence-corrected chi connectivity index (χ3v) is 5.77. The number of aliphatic hydroxyl groups is 1. The van der Waals surface area contributed by atoms with Gasteiger partial charge in [0.05, 0.1) is 47.4 Å². The van der Waals surface area contributed by atoms with Crippen molar-refractivity contribution < 1.29 is 9.63 Å². The van der Waals surface area contributed by atoms with Gasteiger partial charge in [0.2, 0.25) is 0 Å². The fraction of sp³-hybridized carbons (Fsp3) is 0.391. The predicted octanol–water partition coefficient (Wildman–Crippen LogP) is 3.10. The van der Waals surface area contributed by atoms with Gasteiger partial charge in [-0.1, -0.05) is 25.1 Å². The highest BCUT2D eigenvalue weighted by atomic mass is 16.5. The molecule has 0 spiro atoms. The number of hydrogen-bond acceptors (Lipinski definition) is 9. The van der Waals surface area contributed by atoms with Crippen LogP contribution >= 0.6 is 0 Å². The summed E-state index contributed by atoms with van der Waals surface area (Å²) in [5, 5.41) is 18.6. The van der Waals surface area contributed by atoms with Gasteiger partial charge in [0.25, 0.3) is 5.89 Å². The average molecular weight is 449 g/mol. The molecule has 0 aliphatic carbocycles. The highest BCUT2D eigenvalue weighted by Crippen LogP contribution is 2.38. The van der Waals surface area contributed by atoms with Crippen LogP contribution in [0.2, 0.25) is 0 Å². The molecule has 0 saturated carbocycles. The highest BCUT2D eigenvalue weighted by molar-refractivity contribution is 5.54. The number of anilines is 1.